The van der Waals surface area contributed by atoms with Crippen molar-refractivity contribution < 1.29 is 9.59 Å². The second kappa shape index (κ2) is 9.63. The Morgan fingerprint density at radius 2 is 1.80 bits per heavy atom. The molecule has 0 saturated carbocycles. The molecule has 6 nitrogen and oxygen atoms in total. The number of hydrogen-bond acceptors (Lipinski definition) is 5. The van der Waals surface area contributed by atoms with Crippen molar-refractivity contribution in [2.24, 2.45) is 5.92 Å². The normalized spacial score (nSPS) is 13.0. The van der Waals surface area contributed by atoms with Gasteiger partial charge in [0.05, 0.1) is 11.7 Å². The Morgan fingerprint density at radius 1 is 1.03 bits per heavy atom. The fourth-order valence-corrected chi connectivity index (χ4v) is 3.92. The number of pyridine rings is 1. The summed E-state index contributed by atoms with van der Waals surface area (Å²) in [6.45, 7) is 7.60. The van der Waals surface area contributed by atoms with Crippen molar-refractivity contribution in [3.05, 3.63) is 70.3 Å². The third kappa shape index (κ3) is 5.10. The summed E-state index contributed by atoms with van der Waals surface area (Å²) in [5, 5.41) is 8.63. The van der Waals surface area contributed by atoms with Crippen LogP contribution in [0.4, 0.5) is 0 Å². The summed E-state index contributed by atoms with van der Waals surface area (Å²) >= 11 is 1.49. The molecule has 0 saturated heterocycles. The standard InChI is InChI=1S/C23H26N4O2S/c1-14(2)20(27-21(28)18-10-6-5-8-15(18)3)22(29)25-16(4)23-26-19(13-30-23)17-9-7-11-24-12-17/h5-14,16,20H,1-4H3,(H,25,29)(H,27,28). The molecule has 2 atom stereocenters. The summed E-state index contributed by atoms with van der Waals surface area (Å²) in [5.74, 6) is -0.535. The van der Waals surface area contributed by atoms with Crippen molar-refractivity contribution in [1.82, 2.24) is 20.6 Å². The lowest BCUT2D eigenvalue weighted by Gasteiger charge is -2.23. The SMILES string of the molecule is Cc1ccccc1C(=O)NC(C(=O)NC(C)c1nc(-c2cccnc2)cs1)C(C)C. The number of hydrogen-bond donors (Lipinski definition) is 2. The number of aromatic nitrogens is 2. The molecule has 0 bridgehead atoms. The lowest BCUT2D eigenvalue weighted by atomic mass is 10.0. The number of rotatable bonds is 7. The maximum absolute atomic E-state index is 12.9. The Kier molecular flexibility index (Phi) is 6.95. The molecule has 2 aromatic heterocycles. The van der Waals surface area contributed by atoms with E-state index in [0.717, 1.165) is 21.8 Å². The van der Waals surface area contributed by atoms with Crippen molar-refractivity contribution >= 4 is 23.2 Å². The number of nitrogens with zero attached hydrogens (tertiary/aromatic N) is 2. The van der Waals surface area contributed by atoms with Crippen LogP contribution in [0.25, 0.3) is 11.3 Å². The first-order valence-electron chi connectivity index (χ1n) is 9.89. The molecule has 2 amide bonds. The zero-order chi connectivity index (χ0) is 21.7. The van der Waals surface area contributed by atoms with Crippen LogP contribution in [0.1, 0.15) is 47.7 Å². The predicted molar refractivity (Wildman–Crippen MR) is 119 cm³/mol. The molecule has 30 heavy (non-hydrogen) atoms. The molecular weight excluding hydrogens is 396 g/mol. The van der Waals surface area contributed by atoms with Gasteiger partial charge in [-0.25, -0.2) is 4.98 Å². The van der Waals surface area contributed by atoms with Gasteiger partial charge in [0.1, 0.15) is 11.0 Å². The molecule has 0 aliphatic rings. The molecule has 0 aliphatic heterocycles. The summed E-state index contributed by atoms with van der Waals surface area (Å²) in [6, 6.07) is 10.2. The van der Waals surface area contributed by atoms with Crippen LogP contribution < -0.4 is 10.6 Å². The number of aryl methyl sites for hydroxylation is 1. The molecule has 0 radical (unpaired) electrons. The maximum atomic E-state index is 12.9. The van der Waals surface area contributed by atoms with Gasteiger partial charge in [0.15, 0.2) is 0 Å². The van der Waals surface area contributed by atoms with Gasteiger partial charge in [0, 0.05) is 28.9 Å². The highest BCUT2D eigenvalue weighted by Gasteiger charge is 2.27. The van der Waals surface area contributed by atoms with E-state index >= 15 is 0 Å². The van der Waals surface area contributed by atoms with E-state index in [-0.39, 0.29) is 23.8 Å². The van der Waals surface area contributed by atoms with Crippen molar-refractivity contribution in [2.45, 2.75) is 39.8 Å². The van der Waals surface area contributed by atoms with E-state index in [1.54, 1.807) is 18.5 Å². The summed E-state index contributed by atoms with van der Waals surface area (Å²) < 4.78 is 0. The van der Waals surface area contributed by atoms with E-state index < -0.39 is 6.04 Å². The predicted octanol–water partition coefficient (Wildman–Crippen LogP) is 4.15. The average molecular weight is 423 g/mol. The van der Waals surface area contributed by atoms with Gasteiger partial charge in [-0.2, -0.15) is 0 Å². The van der Waals surface area contributed by atoms with E-state index in [1.807, 2.05) is 63.4 Å². The second-order valence-electron chi connectivity index (χ2n) is 7.55. The first kappa shape index (κ1) is 21.6. The molecule has 0 aliphatic carbocycles. The first-order chi connectivity index (χ1) is 14.4. The van der Waals surface area contributed by atoms with Gasteiger partial charge in [-0.3, -0.25) is 14.6 Å². The minimum Gasteiger partial charge on any atom is -0.345 e. The number of nitrogens with one attached hydrogen (secondary N) is 2. The topological polar surface area (TPSA) is 84.0 Å². The van der Waals surface area contributed by atoms with Gasteiger partial charge in [0.25, 0.3) is 5.91 Å². The molecule has 156 valence electrons. The molecule has 3 rings (SSSR count). The van der Waals surface area contributed by atoms with Crippen LogP contribution >= 0.6 is 11.3 Å². The summed E-state index contributed by atoms with van der Waals surface area (Å²) in [6.07, 6.45) is 3.48. The highest BCUT2D eigenvalue weighted by molar-refractivity contribution is 7.10. The lowest BCUT2D eigenvalue weighted by molar-refractivity contribution is -0.124. The highest BCUT2D eigenvalue weighted by Crippen LogP contribution is 2.25. The third-order valence-corrected chi connectivity index (χ3v) is 5.86. The number of carbonyl (C=O) groups excluding carboxylic acids is 2. The van der Waals surface area contributed by atoms with E-state index in [9.17, 15) is 9.59 Å². The quantitative estimate of drug-likeness (QED) is 0.599. The minimum absolute atomic E-state index is 0.0626. The monoisotopic (exact) mass is 422 g/mol. The summed E-state index contributed by atoms with van der Waals surface area (Å²) in [4.78, 5) is 34.4. The van der Waals surface area contributed by atoms with Crippen LogP contribution in [0, 0.1) is 12.8 Å². The lowest BCUT2D eigenvalue weighted by Crippen LogP contribution is -2.50. The number of amides is 2. The Labute approximate surface area is 180 Å². The van der Waals surface area contributed by atoms with Gasteiger partial charge < -0.3 is 10.6 Å². The molecule has 2 N–H and O–H groups in total. The number of thiazole rings is 1. The Bertz CT molecular complexity index is 1020. The van der Waals surface area contributed by atoms with Crippen LogP contribution in [0.3, 0.4) is 0 Å². The Morgan fingerprint density at radius 3 is 2.47 bits per heavy atom. The maximum Gasteiger partial charge on any atom is 0.252 e. The smallest absolute Gasteiger partial charge is 0.252 e. The minimum atomic E-state index is -0.641. The van der Waals surface area contributed by atoms with Crippen LogP contribution in [0.2, 0.25) is 0 Å². The zero-order valence-corrected chi connectivity index (χ0v) is 18.4. The third-order valence-electron chi connectivity index (χ3n) is 4.83. The van der Waals surface area contributed by atoms with E-state index in [1.165, 1.54) is 11.3 Å². The molecule has 3 aromatic rings. The Hall–Kier alpha value is -3.06. The molecule has 2 heterocycles. The van der Waals surface area contributed by atoms with Crippen molar-refractivity contribution in [1.29, 1.82) is 0 Å². The molecule has 7 heteroatoms. The first-order valence-corrected chi connectivity index (χ1v) is 10.8. The summed E-state index contributed by atoms with van der Waals surface area (Å²) in [5.41, 5.74) is 3.21. The summed E-state index contributed by atoms with van der Waals surface area (Å²) in [7, 11) is 0. The van der Waals surface area contributed by atoms with Gasteiger partial charge >= 0.3 is 0 Å². The van der Waals surface area contributed by atoms with Gasteiger partial charge in [-0.15, -0.1) is 11.3 Å². The Balaban J connectivity index is 1.68. The van der Waals surface area contributed by atoms with Gasteiger partial charge in [-0.05, 0) is 43.5 Å². The molecule has 1 aromatic carbocycles. The van der Waals surface area contributed by atoms with Crippen LogP contribution in [-0.4, -0.2) is 27.8 Å². The highest BCUT2D eigenvalue weighted by atomic mass is 32.1. The fourth-order valence-electron chi connectivity index (χ4n) is 3.08. The van der Waals surface area contributed by atoms with Crippen LogP contribution in [0.15, 0.2) is 54.2 Å². The largest absolute Gasteiger partial charge is 0.345 e. The molecule has 0 spiro atoms. The zero-order valence-electron chi connectivity index (χ0n) is 17.5. The van der Waals surface area contributed by atoms with Crippen molar-refractivity contribution in [3.8, 4) is 11.3 Å². The van der Waals surface area contributed by atoms with E-state index in [2.05, 4.69) is 20.6 Å². The van der Waals surface area contributed by atoms with Crippen molar-refractivity contribution in [2.75, 3.05) is 0 Å². The second-order valence-corrected chi connectivity index (χ2v) is 8.44. The van der Waals surface area contributed by atoms with Crippen molar-refractivity contribution in [3.63, 3.8) is 0 Å². The van der Waals surface area contributed by atoms with E-state index in [0.29, 0.717) is 5.56 Å². The van der Waals surface area contributed by atoms with Crippen LogP contribution in [-0.2, 0) is 4.79 Å². The number of carbonyl (C=O) groups is 2. The fraction of sp³-hybridized carbons (Fsp3) is 0.304. The number of benzene rings is 1. The average Bonchev–Trinajstić information content (AvgIpc) is 3.23. The van der Waals surface area contributed by atoms with Gasteiger partial charge in [0.2, 0.25) is 5.91 Å². The van der Waals surface area contributed by atoms with Gasteiger partial charge in [-0.1, -0.05) is 32.0 Å². The van der Waals surface area contributed by atoms with E-state index in [4.69, 9.17) is 0 Å². The molecule has 0 fully saturated rings. The van der Waals surface area contributed by atoms with Crippen LogP contribution in [0.5, 0.6) is 0 Å². The molecular formula is C23H26N4O2S. The molecule has 2 unspecified atom stereocenters.